The second-order valence-electron chi connectivity index (χ2n) is 7.63. The van der Waals surface area contributed by atoms with Crippen molar-refractivity contribution >= 4 is 11.6 Å². The van der Waals surface area contributed by atoms with Gasteiger partial charge in [0, 0.05) is 25.6 Å². The lowest BCUT2D eigenvalue weighted by molar-refractivity contribution is -0.125. The number of rotatable bonds is 7. The van der Waals surface area contributed by atoms with Gasteiger partial charge < -0.3 is 14.8 Å². The predicted molar refractivity (Wildman–Crippen MR) is 116 cm³/mol. The Labute approximate surface area is 176 Å². The van der Waals surface area contributed by atoms with Gasteiger partial charge in [-0.25, -0.2) is 0 Å². The summed E-state index contributed by atoms with van der Waals surface area (Å²) in [6.07, 6.45) is 4.95. The van der Waals surface area contributed by atoms with Crippen LogP contribution in [-0.4, -0.2) is 35.5 Å². The number of carbonyl (C=O) groups excluding carboxylic acids is 1. The number of hydrogen-bond acceptors (Lipinski definition) is 4. The highest BCUT2D eigenvalue weighted by atomic mass is 16.5. The maximum Gasteiger partial charge on any atom is 0.235 e. The number of para-hydroxylation sites is 2. The molecule has 0 saturated carbocycles. The number of anilines is 1. The molecule has 1 amide bonds. The Balaban J connectivity index is 1.52. The first-order chi connectivity index (χ1) is 14.7. The molecule has 2 aromatic carbocycles. The lowest BCUT2D eigenvalue weighted by Crippen LogP contribution is -2.44. The van der Waals surface area contributed by atoms with Gasteiger partial charge in [-0.05, 0) is 43.5 Å². The van der Waals surface area contributed by atoms with E-state index in [2.05, 4.69) is 41.6 Å². The lowest BCUT2D eigenvalue weighted by Gasteiger charge is -2.36. The van der Waals surface area contributed by atoms with Crippen molar-refractivity contribution in [2.75, 3.05) is 25.1 Å². The number of aromatic nitrogens is 2. The smallest absolute Gasteiger partial charge is 0.235 e. The largest absolute Gasteiger partial charge is 0.489 e. The first kappa shape index (κ1) is 20.2. The normalized spacial score (nSPS) is 15.5. The molecule has 1 aliphatic rings. The summed E-state index contributed by atoms with van der Waals surface area (Å²) >= 11 is 0. The number of carbonyl (C=O) groups is 1. The van der Waals surface area contributed by atoms with Gasteiger partial charge in [-0.1, -0.05) is 42.0 Å². The van der Waals surface area contributed by atoms with E-state index in [1.54, 1.807) is 6.20 Å². The number of hydrogen-bond donors (Lipinski definition) is 1. The summed E-state index contributed by atoms with van der Waals surface area (Å²) in [4.78, 5) is 13.6. The first-order valence-corrected chi connectivity index (χ1v) is 10.3. The second kappa shape index (κ2) is 9.13. The van der Waals surface area contributed by atoms with Gasteiger partial charge in [0.05, 0.1) is 17.6 Å². The Morgan fingerprint density at radius 1 is 1.13 bits per heavy atom. The molecule has 1 fully saturated rings. The summed E-state index contributed by atoms with van der Waals surface area (Å²) in [5.74, 6) is 0.641. The van der Waals surface area contributed by atoms with Gasteiger partial charge >= 0.3 is 0 Å². The highest BCUT2D eigenvalue weighted by Gasteiger charge is 2.41. The fourth-order valence-electron chi connectivity index (χ4n) is 3.86. The SMILES string of the molecule is Cc1ccc(C2(C(=O)Nc3ccccc3OCCn3cccn3)CCOCC2)cc1. The van der Waals surface area contributed by atoms with E-state index in [0.717, 1.165) is 5.56 Å². The van der Waals surface area contributed by atoms with Crippen molar-refractivity contribution in [2.45, 2.75) is 31.7 Å². The van der Waals surface area contributed by atoms with Gasteiger partial charge in [-0.2, -0.15) is 5.10 Å². The third-order valence-electron chi connectivity index (χ3n) is 5.66. The van der Waals surface area contributed by atoms with Gasteiger partial charge in [-0.3, -0.25) is 9.48 Å². The molecule has 6 heteroatoms. The van der Waals surface area contributed by atoms with Crippen molar-refractivity contribution in [1.29, 1.82) is 0 Å². The summed E-state index contributed by atoms with van der Waals surface area (Å²) in [6.45, 7) is 4.30. The number of aryl methyl sites for hydroxylation is 1. The molecule has 6 nitrogen and oxygen atoms in total. The minimum atomic E-state index is -0.603. The number of nitrogens with one attached hydrogen (secondary N) is 1. The highest BCUT2D eigenvalue weighted by molar-refractivity contribution is 6.00. The molecule has 0 unspecified atom stereocenters. The molecule has 156 valence electrons. The van der Waals surface area contributed by atoms with Gasteiger partial charge in [0.1, 0.15) is 12.4 Å². The average Bonchev–Trinajstić information content (AvgIpc) is 3.29. The highest BCUT2D eigenvalue weighted by Crippen LogP contribution is 2.37. The van der Waals surface area contributed by atoms with E-state index in [-0.39, 0.29) is 5.91 Å². The van der Waals surface area contributed by atoms with Crippen LogP contribution < -0.4 is 10.1 Å². The van der Waals surface area contributed by atoms with Crippen molar-refractivity contribution in [2.24, 2.45) is 0 Å². The quantitative estimate of drug-likeness (QED) is 0.646. The molecule has 1 N–H and O–H groups in total. The van der Waals surface area contributed by atoms with E-state index >= 15 is 0 Å². The molecule has 1 aromatic heterocycles. The van der Waals surface area contributed by atoms with E-state index in [4.69, 9.17) is 9.47 Å². The van der Waals surface area contributed by atoms with Crippen molar-refractivity contribution in [3.05, 3.63) is 78.1 Å². The van der Waals surface area contributed by atoms with Crippen LogP contribution in [0.15, 0.2) is 67.0 Å². The van der Waals surface area contributed by atoms with Crippen molar-refractivity contribution < 1.29 is 14.3 Å². The summed E-state index contributed by atoms with van der Waals surface area (Å²) in [7, 11) is 0. The molecule has 30 heavy (non-hydrogen) atoms. The van der Waals surface area contributed by atoms with Crippen LogP contribution in [0.3, 0.4) is 0 Å². The molecule has 3 aromatic rings. The molecule has 0 atom stereocenters. The zero-order valence-electron chi connectivity index (χ0n) is 17.2. The van der Waals surface area contributed by atoms with Crippen LogP contribution in [0.5, 0.6) is 5.75 Å². The zero-order chi connectivity index (χ0) is 20.8. The van der Waals surface area contributed by atoms with Crippen LogP contribution in [-0.2, 0) is 21.5 Å². The number of ether oxygens (including phenoxy) is 2. The number of nitrogens with zero attached hydrogens (tertiary/aromatic N) is 2. The lowest BCUT2D eigenvalue weighted by atomic mass is 9.73. The van der Waals surface area contributed by atoms with Gasteiger partial charge in [0.25, 0.3) is 0 Å². The number of benzene rings is 2. The van der Waals surface area contributed by atoms with Crippen LogP contribution in [0, 0.1) is 6.92 Å². The Morgan fingerprint density at radius 2 is 1.90 bits per heavy atom. The van der Waals surface area contributed by atoms with Crippen molar-refractivity contribution in [3.8, 4) is 5.75 Å². The summed E-state index contributed by atoms with van der Waals surface area (Å²) in [6, 6.07) is 17.7. The Bertz CT molecular complexity index is 962. The molecule has 4 rings (SSSR count). The maximum absolute atomic E-state index is 13.6. The van der Waals surface area contributed by atoms with Crippen molar-refractivity contribution in [1.82, 2.24) is 9.78 Å². The summed E-state index contributed by atoms with van der Waals surface area (Å²) in [5, 5.41) is 7.32. The molecule has 1 aliphatic heterocycles. The molecule has 2 heterocycles. The predicted octanol–water partition coefficient (Wildman–Crippen LogP) is 3.96. The van der Waals surface area contributed by atoms with E-state index < -0.39 is 5.41 Å². The van der Waals surface area contributed by atoms with Gasteiger partial charge in [-0.15, -0.1) is 0 Å². The Morgan fingerprint density at radius 3 is 2.63 bits per heavy atom. The fraction of sp³-hybridized carbons (Fsp3) is 0.333. The molecule has 0 radical (unpaired) electrons. The fourth-order valence-corrected chi connectivity index (χ4v) is 3.86. The molecule has 0 bridgehead atoms. The van der Waals surface area contributed by atoms with Crippen LogP contribution in [0.2, 0.25) is 0 Å². The number of amides is 1. The van der Waals surface area contributed by atoms with Crippen LogP contribution in [0.4, 0.5) is 5.69 Å². The molecular formula is C24H27N3O3. The van der Waals surface area contributed by atoms with E-state index in [1.165, 1.54) is 5.56 Å². The summed E-state index contributed by atoms with van der Waals surface area (Å²) < 4.78 is 13.3. The minimum Gasteiger partial charge on any atom is -0.489 e. The standard InChI is InChI=1S/C24H27N3O3/c1-19-7-9-20(10-8-19)24(11-16-29-17-12-24)23(28)26-21-5-2-3-6-22(21)30-18-15-27-14-4-13-25-27/h2-10,13-14H,11-12,15-18H2,1H3,(H,26,28). The third-order valence-corrected chi connectivity index (χ3v) is 5.66. The summed E-state index contributed by atoms with van der Waals surface area (Å²) in [5.41, 5.74) is 2.29. The van der Waals surface area contributed by atoms with Crippen LogP contribution in [0.25, 0.3) is 0 Å². The Kier molecular flexibility index (Phi) is 6.14. The Hall–Kier alpha value is -3.12. The molecular weight excluding hydrogens is 378 g/mol. The van der Waals surface area contributed by atoms with E-state index in [0.29, 0.717) is 50.6 Å². The third kappa shape index (κ3) is 4.39. The van der Waals surface area contributed by atoms with E-state index in [9.17, 15) is 4.79 Å². The van der Waals surface area contributed by atoms with Crippen molar-refractivity contribution in [3.63, 3.8) is 0 Å². The molecule has 0 aliphatic carbocycles. The van der Waals surface area contributed by atoms with Crippen LogP contribution >= 0.6 is 0 Å². The second-order valence-corrected chi connectivity index (χ2v) is 7.63. The van der Waals surface area contributed by atoms with Gasteiger partial charge in [0.2, 0.25) is 5.91 Å². The van der Waals surface area contributed by atoms with E-state index in [1.807, 2.05) is 41.2 Å². The van der Waals surface area contributed by atoms with Crippen LogP contribution in [0.1, 0.15) is 24.0 Å². The zero-order valence-corrected chi connectivity index (χ0v) is 17.2. The van der Waals surface area contributed by atoms with Gasteiger partial charge in [0.15, 0.2) is 0 Å². The maximum atomic E-state index is 13.6. The topological polar surface area (TPSA) is 65.4 Å². The average molecular weight is 405 g/mol. The molecule has 1 saturated heterocycles. The monoisotopic (exact) mass is 405 g/mol. The first-order valence-electron chi connectivity index (χ1n) is 10.3. The molecule has 0 spiro atoms. The minimum absolute atomic E-state index is 0.0159.